The Hall–Kier alpha value is -3.86. The van der Waals surface area contributed by atoms with Crippen LogP contribution in [0, 0.1) is 28.1 Å². The van der Waals surface area contributed by atoms with Crippen molar-refractivity contribution in [1.82, 2.24) is 30.5 Å². The number of hydrogen-bond donors (Lipinski definition) is 5. The number of benzene rings is 1. The maximum absolute atomic E-state index is 14.3. The molecule has 0 radical (unpaired) electrons. The van der Waals surface area contributed by atoms with Gasteiger partial charge in [0.1, 0.15) is 18.1 Å². The minimum atomic E-state index is -3.55. The van der Waals surface area contributed by atoms with E-state index in [0.717, 1.165) is 16.1 Å². The van der Waals surface area contributed by atoms with Gasteiger partial charge in [0, 0.05) is 44.7 Å². The van der Waals surface area contributed by atoms with Crippen LogP contribution in [-0.2, 0) is 30.8 Å². The molecule has 53 heavy (non-hydrogen) atoms. The maximum atomic E-state index is 14.3. The van der Waals surface area contributed by atoms with Crippen molar-refractivity contribution in [2.75, 3.05) is 32.9 Å². The van der Waals surface area contributed by atoms with Crippen LogP contribution >= 0.6 is 0 Å². The van der Waals surface area contributed by atoms with Crippen molar-refractivity contribution < 1.29 is 41.2 Å². The molecule has 0 spiro atoms. The van der Waals surface area contributed by atoms with E-state index in [1.54, 1.807) is 32.9 Å². The number of rotatable bonds is 15. The predicted octanol–water partition coefficient (Wildman–Crippen LogP) is 2.09. The largest absolute Gasteiger partial charge is 0.366 e. The van der Waals surface area contributed by atoms with Gasteiger partial charge in [-0.1, -0.05) is 67.5 Å². The van der Waals surface area contributed by atoms with Crippen LogP contribution in [0.5, 0.6) is 0 Å². The fraction of sp³-hybridized carbons (Fsp3) is 0.694. The van der Waals surface area contributed by atoms with Gasteiger partial charge in [0.2, 0.25) is 40.1 Å². The zero-order valence-electron chi connectivity index (χ0n) is 32.4. The number of nitrogens with zero attached hydrogens (tertiary/aromatic N) is 2. The number of sulfonamides is 1. The molecule has 2 fully saturated rings. The summed E-state index contributed by atoms with van der Waals surface area (Å²) in [7, 11) is -2.14. The normalized spacial score (nSPS) is 21.3. The number of carbonyl (C=O) groups excluding carboxylic acids is 5. The van der Waals surface area contributed by atoms with Gasteiger partial charge in [0.05, 0.1) is 6.26 Å². The molecule has 1 aromatic carbocycles. The van der Waals surface area contributed by atoms with Gasteiger partial charge in [0.15, 0.2) is 0 Å². The first-order valence-electron chi connectivity index (χ1n) is 17.7. The Morgan fingerprint density at radius 3 is 2.06 bits per heavy atom. The van der Waals surface area contributed by atoms with Crippen LogP contribution in [0.25, 0.3) is 0 Å². The van der Waals surface area contributed by atoms with Gasteiger partial charge >= 0.3 is 6.03 Å². The lowest BCUT2D eigenvalue weighted by Gasteiger charge is -2.39. The molecule has 0 bridgehead atoms. The van der Waals surface area contributed by atoms with E-state index >= 15 is 0 Å². The van der Waals surface area contributed by atoms with E-state index in [0.29, 0.717) is 12.0 Å². The second-order valence-electron chi connectivity index (χ2n) is 17.1. The first-order chi connectivity index (χ1) is 24.2. The first kappa shape index (κ1) is 43.5. The third kappa shape index (κ3) is 11.1. The highest BCUT2D eigenvalue weighted by Gasteiger charge is 2.70. The third-order valence-electron chi connectivity index (χ3n) is 10.5. The summed E-state index contributed by atoms with van der Waals surface area (Å²) >= 11 is 0. The van der Waals surface area contributed by atoms with Gasteiger partial charge in [-0.15, -0.1) is 0 Å². The topological polar surface area (TPSA) is 200 Å². The fourth-order valence-electron chi connectivity index (χ4n) is 6.84. The highest BCUT2D eigenvalue weighted by molar-refractivity contribution is 7.88. The number of halogens is 2. The molecule has 1 saturated carbocycles. The van der Waals surface area contributed by atoms with Crippen LogP contribution < -0.4 is 27.0 Å². The molecule has 2 aliphatic rings. The lowest BCUT2D eigenvalue weighted by Crippen LogP contribution is -2.62. The molecule has 0 aromatic heterocycles. The third-order valence-corrected chi connectivity index (χ3v) is 11.8. The summed E-state index contributed by atoms with van der Waals surface area (Å²) in [5.74, 6) is -3.07. The number of amides is 6. The summed E-state index contributed by atoms with van der Waals surface area (Å²) in [6.45, 7) is 14.9. The van der Waals surface area contributed by atoms with E-state index < -0.39 is 87.5 Å². The van der Waals surface area contributed by atoms with Crippen molar-refractivity contribution in [1.29, 1.82) is 0 Å². The molecule has 6 atom stereocenters. The van der Waals surface area contributed by atoms with Crippen molar-refractivity contribution in [3.05, 3.63) is 35.4 Å². The highest BCUT2D eigenvalue weighted by Crippen LogP contribution is 2.65. The van der Waals surface area contributed by atoms with Crippen molar-refractivity contribution >= 4 is 39.7 Å². The van der Waals surface area contributed by atoms with Crippen molar-refractivity contribution in [3.8, 4) is 0 Å². The number of primary amides is 1. The Morgan fingerprint density at radius 2 is 1.57 bits per heavy atom. The summed E-state index contributed by atoms with van der Waals surface area (Å²) in [6, 6.07) is 1.25. The standard InChI is InChI=1S/C36H57F2N7O7S/c1-34(2,3)24(19-44(9)53(10,51)52)42-33(50)43-28(35(4,5)6)32(49)45-18-22-26(36(22,7)8)27(45)31(48)41-23(17-25(37)38)30(47)40-16-15-20-11-13-21(14-12-20)29(39)46/h11-14,22-28H,15-19H2,1-10H3,(H2,39,46)(H,40,47)(H,41,48)(H2,42,43,50)/t22?,23-,24+,26?,27?,28+/m0/s1. The second-order valence-corrected chi connectivity index (χ2v) is 19.1. The maximum Gasteiger partial charge on any atom is 0.315 e. The number of nitrogens with one attached hydrogen (secondary N) is 4. The molecule has 298 valence electrons. The van der Waals surface area contributed by atoms with E-state index in [2.05, 4.69) is 21.3 Å². The van der Waals surface area contributed by atoms with Crippen LogP contribution in [0.1, 0.15) is 77.7 Å². The van der Waals surface area contributed by atoms with Gasteiger partial charge in [-0.3, -0.25) is 19.2 Å². The SMILES string of the molecule is CN(C[C@@H](NC(=O)N[C@H](C(=O)N1CC2C(C1C(=O)N[C@@H](CC(F)F)C(=O)NCCc1ccc(C(N)=O)cc1)C2(C)C)C(C)(C)C)C(C)(C)C)S(C)(=O)=O. The van der Waals surface area contributed by atoms with Crippen LogP contribution in [-0.4, -0.2) is 111 Å². The number of alkyl halides is 2. The molecule has 1 saturated heterocycles. The summed E-state index contributed by atoms with van der Waals surface area (Å²) in [6.07, 6.45) is -2.48. The molecule has 1 aromatic rings. The van der Waals surface area contributed by atoms with E-state index in [-0.39, 0.29) is 36.9 Å². The van der Waals surface area contributed by atoms with Gasteiger partial charge in [-0.05, 0) is 52.2 Å². The second kappa shape index (κ2) is 16.2. The number of nitrogens with two attached hydrogens (primary N) is 1. The Bertz CT molecular complexity index is 1640. The molecule has 1 heterocycles. The summed E-state index contributed by atoms with van der Waals surface area (Å²) in [5, 5.41) is 10.7. The number of likely N-dealkylation sites (tertiary alicyclic amines) is 1. The number of hydrogen-bond acceptors (Lipinski definition) is 7. The number of fused-ring (bicyclic) bond motifs is 1. The molecule has 1 aliphatic carbocycles. The summed E-state index contributed by atoms with van der Waals surface area (Å²) in [4.78, 5) is 67.6. The molecule has 3 rings (SSSR count). The minimum Gasteiger partial charge on any atom is -0.366 e. The number of piperidine rings is 1. The zero-order chi connectivity index (χ0) is 40.4. The fourth-order valence-corrected chi connectivity index (χ4v) is 7.26. The van der Waals surface area contributed by atoms with E-state index in [4.69, 9.17) is 5.73 Å². The molecule has 6 amide bonds. The van der Waals surface area contributed by atoms with Gasteiger partial charge < -0.3 is 31.9 Å². The van der Waals surface area contributed by atoms with Crippen molar-refractivity contribution in [2.24, 2.45) is 33.8 Å². The Balaban J connectivity index is 1.78. The van der Waals surface area contributed by atoms with Crippen LogP contribution in [0.2, 0.25) is 0 Å². The highest BCUT2D eigenvalue weighted by atomic mass is 32.2. The summed E-state index contributed by atoms with van der Waals surface area (Å²) in [5.41, 5.74) is 4.59. The predicted molar refractivity (Wildman–Crippen MR) is 196 cm³/mol. The summed E-state index contributed by atoms with van der Waals surface area (Å²) < 4.78 is 52.8. The molecule has 14 nitrogen and oxygen atoms in total. The van der Waals surface area contributed by atoms with Gasteiger partial charge in [-0.25, -0.2) is 26.3 Å². The molecule has 1 aliphatic heterocycles. The Kier molecular flexibility index (Phi) is 13.3. The zero-order valence-corrected chi connectivity index (χ0v) is 33.2. The molecule has 17 heteroatoms. The van der Waals surface area contributed by atoms with E-state index in [9.17, 15) is 41.2 Å². The molecular weight excluding hydrogens is 713 g/mol. The van der Waals surface area contributed by atoms with E-state index in [1.807, 2.05) is 34.6 Å². The average Bonchev–Trinajstić information content (AvgIpc) is 3.32. The average molecular weight is 770 g/mol. The number of urea groups is 1. The quantitative estimate of drug-likeness (QED) is 0.180. The first-order valence-corrected chi connectivity index (χ1v) is 19.5. The molecule has 6 N–H and O–H groups in total. The van der Waals surface area contributed by atoms with Crippen LogP contribution in [0.15, 0.2) is 24.3 Å². The Labute approximate surface area is 311 Å². The van der Waals surface area contributed by atoms with Gasteiger partial charge in [0.25, 0.3) is 0 Å². The smallest absolute Gasteiger partial charge is 0.315 e. The van der Waals surface area contributed by atoms with Crippen LogP contribution in [0.4, 0.5) is 13.6 Å². The lowest BCUT2D eigenvalue weighted by atomic mass is 9.85. The number of likely N-dealkylation sites (N-methyl/N-ethyl adjacent to an activating group) is 1. The van der Waals surface area contributed by atoms with Gasteiger partial charge in [-0.2, -0.15) is 0 Å². The van der Waals surface area contributed by atoms with Crippen LogP contribution in [0.3, 0.4) is 0 Å². The van der Waals surface area contributed by atoms with Crippen molar-refractivity contribution in [3.63, 3.8) is 0 Å². The molecular formula is C36H57F2N7O7S. The number of carbonyl (C=O) groups is 5. The minimum absolute atomic E-state index is 0.0197. The molecule has 3 unspecified atom stereocenters. The Morgan fingerprint density at radius 1 is 0.981 bits per heavy atom. The monoisotopic (exact) mass is 769 g/mol. The van der Waals surface area contributed by atoms with Crippen molar-refractivity contribution in [2.45, 2.75) is 98.8 Å². The lowest BCUT2D eigenvalue weighted by molar-refractivity contribution is -0.144. The van der Waals surface area contributed by atoms with E-state index in [1.165, 1.54) is 24.1 Å².